The summed E-state index contributed by atoms with van der Waals surface area (Å²) in [5, 5.41) is 10.9. The molecule has 1 heterocycles. The van der Waals surface area contributed by atoms with Gasteiger partial charge < -0.3 is 19.3 Å². The van der Waals surface area contributed by atoms with Crippen LogP contribution in [0.1, 0.15) is 40.6 Å². The Labute approximate surface area is 245 Å². The minimum atomic E-state index is -0.467. The number of methoxy groups -OCH3 is 2. The molecule has 0 fully saturated rings. The van der Waals surface area contributed by atoms with Crippen molar-refractivity contribution in [2.45, 2.75) is 39.7 Å². The predicted octanol–water partition coefficient (Wildman–Crippen LogP) is 5.90. The van der Waals surface area contributed by atoms with Crippen LogP contribution in [-0.4, -0.2) is 60.4 Å². The van der Waals surface area contributed by atoms with Crippen LogP contribution >= 0.6 is 11.3 Å². The van der Waals surface area contributed by atoms with Crippen molar-refractivity contribution in [1.82, 2.24) is 9.80 Å². The van der Waals surface area contributed by atoms with Crippen molar-refractivity contribution in [2.75, 3.05) is 33.9 Å². The van der Waals surface area contributed by atoms with E-state index in [0.717, 1.165) is 23.3 Å². The maximum Gasteiger partial charge on any atom is 0.269 e. The summed E-state index contributed by atoms with van der Waals surface area (Å²) in [7, 11) is 3.18. The number of aryl methyl sites for hydroxylation is 1. The molecule has 0 spiro atoms. The lowest BCUT2D eigenvalue weighted by molar-refractivity contribution is -0.384. The van der Waals surface area contributed by atoms with Gasteiger partial charge in [-0.15, -0.1) is 11.3 Å². The highest BCUT2D eigenvalue weighted by molar-refractivity contribution is 7.11. The van der Waals surface area contributed by atoms with Crippen LogP contribution in [0.15, 0.2) is 60.7 Å². The van der Waals surface area contributed by atoms with Crippen LogP contribution in [0.2, 0.25) is 0 Å². The fourth-order valence-electron chi connectivity index (χ4n) is 4.21. The molecule has 0 saturated heterocycles. The average molecular weight is 580 g/mol. The first-order chi connectivity index (χ1) is 19.7. The van der Waals surface area contributed by atoms with Crippen LogP contribution in [0.5, 0.6) is 11.5 Å². The second-order valence-electron chi connectivity index (χ2n) is 9.56. The number of hydrogen-bond acceptors (Lipinski definition) is 7. The molecule has 218 valence electrons. The van der Waals surface area contributed by atoms with Crippen LogP contribution in [0.3, 0.4) is 0 Å². The number of rotatable bonds is 15. The summed E-state index contributed by atoms with van der Waals surface area (Å²) in [5.41, 5.74) is 1.65. The number of hydrogen-bond donors (Lipinski definition) is 0. The summed E-state index contributed by atoms with van der Waals surface area (Å²) in [4.78, 5) is 42.9. The van der Waals surface area contributed by atoms with Gasteiger partial charge in [0.2, 0.25) is 11.8 Å². The molecule has 0 atom stereocenters. The first-order valence-corrected chi connectivity index (χ1v) is 14.3. The number of unbranched alkanes of at least 4 members (excludes halogenated alkanes) is 1. The summed E-state index contributed by atoms with van der Waals surface area (Å²) in [6.07, 6.45) is 5.28. The number of thiophene rings is 1. The third-order valence-corrected chi connectivity index (χ3v) is 7.54. The van der Waals surface area contributed by atoms with Gasteiger partial charge in [0.15, 0.2) is 11.5 Å². The molecule has 3 rings (SSSR count). The molecule has 2 amide bonds. The molecule has 0 radical (unpaired) electrons. The number of amides is 2. The van der Waals surface area contributed by atoms with Gasteiger partial charge in [0.1, 0.15) is 6.54 Å². The van der Waals surface area contributed by atoms with Crippen LogP contribution in [0.25, 0.3) is 6.08 Å². The van der Waals surface area contributed by atoms with Crippen LogP contribution in [0, 0.1) is 17.0 Å². The lowest BCUT2D eigenvalue weighted by atomic mass is 10.1. The third-order valence-electron chi connectivity index (χ3n) is 6.56. The number of nitro groups is 1. The number of non-ortho nitro benzene ring substituents is 1. The van der Waals surface area contributed by atoms with Crippen molar-refractivity contribution in [3.05, 3.63) is 91.7 Å². The van der Waals surface area contributed by atoms with E-state index in [2.05, 4.69) is 0 Å². The predicted molar refractivity (Wildman–Crippen MR) is 161 cm³/mol. The second kappa shape index (κ2) is 15.6. The Bertz CT molecular complexity index is 1350. The molecule has 0 bridgehead atoms. The van der Waals surface area contributed by atoms with Crippen LogP contribution in [0.4, 0.5) is 5.69 Å². The van der Waals surface area contributed by atoms with Crippen molar-refractivity contribution in [1.29, 1.82) is 0 Å². The molecule has 0 aliphatic heterocycles. The standard InChI is InChI=1S/C31H37N3O6S/c1-5-6-18-32(30(35)16-11-24-8-12-26(13-9-24)34(37)38)22-31(36)33(21-27-14-7-23(2)41-27)19-17-25-10-15-28(39-3)29(20-25)40-4/h7-16,20H,5-6,17-19,21-22H2,1-4H3/b16-11+. The smallest absolute Gasteiger partial charge is 0.269 e. The highest BCUT2D eigenvalue weighted by atomic mass is 32.1. The van der Waals surface area contributed by atoms with E-state index in [1.54, 1.807) is 53.6 Å². The minimum absolute atomic E-state index is 0.0160. The summed E-state index contributed by atoms with van der Waals surface area (Å²) in [6.45, 7) is 5.41. The van der Waals surface area contributed by atoms with Gasteiger partial charge in [-0.3, -0.25) is 19.7 Å². The maximum absolute atomic E-state index is 13.7. The summed E-state index contributed by atoms with van der Waals surface area (Å²) in [6, 6.07) is 15.8. The molecule has 0 aliphatic rings. The zero-order valence-electron chi connectivity index (χ0n) is 24.0. The van der Waals surface area contributed by atoms with Crippen molar-refractivity contribution >= 4 is 34.9 Å². The SMILES string of the molecule is CCCCN(CC(=O)N(CCc1ccc(OC)c(OC)c1)Cc1ccc(C)s1)C(=O)/C=C/c1ccc([N+](=O)[O-])cc1. The van der Waals surface area contributed by atoms with Crippen molar-refractivity contribution in [3.63, 3.8) is 0 Å². The Kier molecular flexibility index (Phi) is 11.9. The number of ether oxygens (including phenoxy) is 2. The fraction of sp³-hybridized carbons (Fsp3) is 0.355. The Morgan fingerprint density at radius 3 is 2.32 bits per heavy atom. The van der Waals surface area contributed by atoms with E-state index >= 15 is 0 Å². The lowest BCUT2D eigenvalue weighted by Gasteiger charge is -2.27. The number of nitrogens with zero attached hydrogens (tertiary/aromatic N) is 3. The van der Waals surface area contributed by atoms with E-state index in [-0.39, 0.29) is 24.0 Å². The quantitative estimate of drug-likeness (QED) is 0.126. The van der Waals surface area contributed by atoms with E-state index < -0.39 is 4.92 Å². The van der Waals surface area contributed by atoms with Crippen LogP contribution < -0.4 is 9.47 Å². The van der Waals surface area contributed by atoms with Gasteiger partial charge in [-0.05, 0) is 73.4 Å². The maximum atomic E-state index is 13.7. The van der Waals surface area contributed by atoms with Crippen molar-refractivity contribution < 1.29 is 24.0 Å². The fourth-order valence-corrected chi connectivity index (χ4v) is 5.12. The van der Waals surface area contributed by atoms with E-state index in [9.17, 15) is 19.7 Å². The summed E-state index contributed by atoms with van der Waals surface area (Å²) >= 11 is 1.65. The molecule has 0 saturated carbocycles. The molecule has 9 nitrogen and oxygen atoms in total. The van der Waals surface area contributed by atoms with Gasteiger partial charge in [0, 0.05) is 41.1 Å². The molecule has 2 aromatic carbocycles. The molecule has 0 unspecified atom stereocenters. The van der Waals surface area contributed by atoms with Gasteiger partial charge in [0.05, 0.1) is 25.7 Å². The van der Waals surface area contributed by atoms with Crippen molar-refractivity contribution in [3.8, 4) is 11.5 Å². The van der Waals surface area contributed by atoms with Gasteiger partial charge in [-0.25, -0.2) is 0 Å². The first kappa shape index (κ1) is 31.3. The number of benzene rings is 2. The average Bonchev–Trinajstić information content (AvgIpc) is 3.40. The topological polar surface area (TPSA) is 102 Å². The Morgan fingerprint density at radius 1 is 0.976 bits per heavy atom. The van der Waals surface area contributed by atoms with Gasteiger partial charge in [-0.1, -0.05) is 19.4 Å². The monoisotopic (exact) mass is 579 g/mol. The molecular weight excluding hydrogens is 542 g/mol. The molecule has 41 heavy (non-hydrogen) atoms. The Balaban J connectivity index is 1.75. The third kappa shape index (κ3) is 9.46. The van der Waals surface area contributed by atoms with Crippen LogP contribution in [-0.2, 0) is 22.6 Å². The van der Waals surface area contributed by atoms with Crippen molar-refractivity contribution in [2.24, 2.45) is 0 Å². The molecule has 10 heteroatoms. The largest absolute Gasteiger partial charge is 0.493 e. The minimum Gasteiger partial charge on any atom is -0.493 e. The zero-order chi connectivity index (χ0) is 29.8. The lowest BCUT2D eigenvalue weighted by Crippen LogP contribution is -2.43. The van der Waals surface area contributed by atoms with Gasteiger partial charge in [-0.2, -0.15) is 0 Å². The van der Waals surface area contributed by atoms with E-state index in [4.69, 9.17) is 9.47 Å². The molecule has 0 aliphatic carbocycles. The van der Waals surface area contributed by atoms with Gasteiger partial charge in [0.25, 0.3) is 5.69 Å². The Hall–Kier alpha value is -4.18. The molecular formula is C31H37N3O6S. The highest BCUT2D eigenvalue weighted by Gasteiger charge is 2.21. The number of nitro benzene ring substituents is 1. The summed E-state index contributed by atoms with van der Waals surface area (Å²) in [5.74, 6) is 0.861. The van der Waals surface area contributed by atoms with E-state index in [0.29, 0.717) is 43.1 Å². The number of carbonyl (C=O) groups excluding carboxylic acids is 2. The number of carbonyl (C=O) groups is 2. The van der Waals surface area contributed by atoms with Gasteiger partial charge >= 0.3 is 0 Å². The Morgan fingerprint density at radius 2 is 1.71 bits per heavy atom. The normalized spacial score (nSPS) is 10.9. The summed E-state index contributed by atoms with van der Waals surface area (Å²) < 4.78 is 10.8. The van der Waals surface area contributed by atoms with E-state index in [1.165, 1.54) is 23.1 Å². The molecule has 0 N–H and O–H groups in total. The first-order valence-electron chi connectivity index (χ1n) is 13.5. The van der Waals surface area contributed by atoms with E-state index in [1.807, 2.05) is 44.2 Å². The zero-order valence-corrected chi connectivity index (χ0v) is 24.8. The highest BCUT2D eigenvalue weighted by Crippen LogP contribution is 2.28. The molecule has 3 aromatic rings. The second-order valence-corrected chi connectivity index (χ2v) is 10.9. The molecule has 1 aromatic heterocycles.